The highest BCUT2D eigenvalue weighted by Crippen LogP contribution is 2.16. The monoisotopic (exact) mass is 266 g/mol. The van der Waals surface area contributed by atoms with Gasteiger partial charge in [0, 0.05) is 0 Å². The normalized spacial score (nSPS) is 11.7. The first-order valence-electron chi connectivity index (χ1n) is 6.00. The van der Waals surface area contributed by atoms with Gasteiger partial charge in [-0.1, -0.05) is 19.1 Å². The highest BCUT2D eigenvalue weighted by atomic mass is 16.5. The van der Waals surface area contributed by atoms with Crippen LogP contribution < -0.4 is 15.8 Å². The van der Waals surface area contributed by atoms with Gasteiger partial charge < -0.3 is 20.9 Å². The summed E-state index contributed by atoms with van der Waals surface area (Å²) < 4.78 is 5.26. The summed E-state index contributed by atoms with van der Waals surface area (Å²) in [6.45, 7) is 1.49. The third kappa shape index (κ3) is 4.59. The van der Waals surface area contributed by atoms with Gasteiger partial charge in [-0.2, -0.15) is 0 Å². The average Bonchev–Trinajstić information content (AvgIpc) is 2.42. The molecule has 1 atom stereocenters. The fourth-order valence-corrected chi connectivity index (χ4v) is 1.49. The van der Waals surface area contributed by atoms with E-state index in [2.05, 4.69) is 5.32 Å². The van der Waals surface area contributed by atoms with Gasteiger partial charge in [-0.3, -0.25) is 9.59 Å². The summed E-state index contributed by atoms with van der Waals surface area (Å²) in [6, 6.07) is 6.14. The van der Waals surface area contributed by atoms with E-state index < -0.39 is 5.91 Å². The summed E-state index contributed by atoms with van der Waals surface area (Å²) in [7, 11) is 0. The molecule has 0 saturated heterocycles. The van der Waals surface area contributed by atoms with Crippen molar-refractivity contribution in [3.8, 4) is 5.75 Å². The molecule has 4 N–H and O–H groups in total. The number of amides is 2. The van der Waals surface area contributed by atoms with Gasteiger partial charge in [0.15, 0.2) is 6.61 Å². The van der Waals surface area contributed by atoms with Crippen LogP contribution in [0.1, 0.15) is 23.7 Å². The predicted octanol–water partition coefficient (Wildman–Crippen LogP) is 0.0514. The zero-order valence-electron chi connectivity index (χ0n) is 10.8. The predicted molar refractivity (Wildman–Crippen MR) is 69.8 cm³/mol. The lowest BCUT2D eigenvalue weighted by atomic mass is 10.2. The van der Waals surface area contributed by atoms with Gasteiger partial charge in [-0.25, -0.2) is 0 Å². The SMILES string of the molecule is CC[C@H](CO)NC(=O)COc1ccccc1C(N)=O. The Morgan fingerprint density at radius 3 is 2.68 bits per heavy atom. The number of para-hydroxylation sites is 1. The fraction of sp³-hybridized carbons (Fsp3) is 0.385. The number of benzene rings is 1. The Morgan fingerprint density at radius 2 is 2.11 bits per heavy atom. The molecule has 6 nitrogen and oxygen atoms in total. The van der Waals surface area contributed by atoms with Gasteiger partial charge in [-0.15, -0.1) is 0 Å². The van der Waals surface area contributed by atoms with Crippen molar-refractivity contribution in [2.24, 2.45) is 5.73 Å². The Kier molecular flexibility index (Phi) is 5.81. The standard InChI is InChI=1S/C13H18N2O4/c1-2-9(7-16)15-12(17)8-19-11-6-4-3-5-10(11)13(14)18/h3-6,9,16H,2,7-8H2,1H3,(H2,14,18)(H,15,17)/t9-/m1/s1. The Labute approximate surface area is 111 Å². The molecule has 19 heavy (non-hydrogen) atoms. The van der Waals surface area contributed by atoms with Gasteiger partial charge >= 0.3 is 0 Å². The van der Waals surface area contributed by atoms with Crippen LogP contribution >= 0.6 is 0 Å². The van der Waals surface area contributed by atoms with Gasteiger partial charge in [0.05, 0.1) is 18.2 Å². The van der Waals surface area contributed by atoms with Gasteiger partial charge in [-0.05, 0) is 18.6 Å². The third-order valence-electron chi connectivity index (χ3n) is 2.59. The minimum atomic E-state index is -0.613. The molecular weight excluding hydrogens is 248 g/mol. The molecule has 1 aromatic rings. The molecule has 0 aliphatic rings. The Bertz CT molecular complexity index is 444. The number of carbonyl (C=O) groups excluding carboxylic acids is 2. The lowest BCUT2D eigenvalue weighted by molar-refractivity contribution is -0.124. The molecule has 0 aliphatic carbocycles. The first kappa shape index (κ1) is 15.0. The number of nitrogens with two attached hydrogens (primary N) is 1. The number of aliphatic hydroxyl groups is 1. The molecular formula is C13H18N2O4. The van der Waals surface area contributed by atoms with Gasteiger partial charge in [0.2, 0.25) is 0 Å². The van der Waals surface area contributed by atoms with Crippen LogP contribution in [0.5, 0.6) is 5.75 Å². The first-order valence-corrected chi connectivity index (χ1v) is 6.00. The maximum absolute atomic E-state index is 11.6. The zero-order valence-corrected chi connectivity index (χ0v) is 10.8. The quantitative estimate of drug-likeness (QED) is 0.649. The minimum Gasteiger partial charge on any atom is -0.483 e. The van der Waals surface area contributed by atoms with Gasteiger partial charge in [0.1, 0.15) is 5.75 Å². The maximum atomic E-state index is 11.6. The summed E-state index contributed by atoms with van der Waals surface area (Å²) in [5, 5.41) is 11.6. The van der Waals surface area contributed by atoms with Crippen LogP contribution in [-0.2, 0) is 4.79 Å². The molecule has 104 valence electrons. The largest absolute Gasteiger partial charge is 0.483 e. The molecule has 0 radical (unpaired) electrons. The molecule has 0 spiro atoms. The molecule has 0 bridgehead atoms. The lowest BCUT2D eigenvalue weighted by Gasteiger charge is -2.14. The van der Waals surface area contributed by atoms with E-state index in [0.29, 0.717) is 6.42 Å². The summed E-state index contributed by atoms with van der Waals surface area (Å²) in [4.78, 5) is 22.7. The second-order valence-corrected chi connectivity index (χ2v) is 4.00. The Balaban J connectivity index is 2.57. The Hall–Kier alpha value is -2.08. The number of primary amides is 1. The zero-order chi connectivity index (χ0) is 14.3. The number of aliphatic hydroxyl groups excluding tert-OH is 1. The second kappa shape index (κ2) is 7.38. The molecule has 0 saturated carbocycles. The number of hydrogen-bond acceptors (Lipinski definition) is 4. The number of rotatable bonds is 7. The van der Waals surface area contributed by atoms with E-state index in [-0.39, 0.29) is 36.5 Å². The van der Waals surface area contributed by atoms with Crippen molar-refractivity contribution in [2.75, 3.05) is 13.2 Å². The van der Waals surface area contributed by atoms with Crippen molar-refractivity contribution >= 4 is 11.8 Å². The van der Waals surface area contributed by atoms with Gasteiger partial charge in [0.25, 0.3) is 11.8 Å². The lowest BCUT2D eigenvalue weighted by Crippen LogP contribution is -2.39. The van der Waals surface area contributed by atoms with E-state index in [1.54, 1.807) is 18.2 Å². The molecule has 0 aromatic heterocycles. The summed E-state index contributed by atoms with van der Waals surface area (Å²) in [5.74, 6) is -0.708. The number of hydrogen-bond donors (Lipinski definition) is 3. The topological polar surface area (TPSA) is 102 Å². The summed E-state index contributed by atoms with van der Waals surface area (Å²) in [5.41, 5.74) is 5.42. The van der Waals surface area contributed by atoms with Crippen molar-refractivity contribution in [3.63, 3.8) is 0 Å². The highest BCUT2D eigenvalue weighted by Gasteiger charge is 2.12. The van der Waals surface area contributed by atoms with E-state index in [1.165, 1.54) is 6.07 Å². The van der Waals surface area contributed by atoms with E-state index in [1.807, 2.05) is 6.92 Å². The molecule has 0 aliphatic heterocycles. The van der Waals surface area contributed by atoms with E-state index >= 15 is 0 Å². The van der Waals surface area contributed by atoms with Crippen LogP contribution in [0.25, 0.3) is 0 Å². The number of nitrogens with one attached hydrogen (secondary N) is 1. The van der Waals surface area contributed by atoms with Crippen LogP contribution in [0.15, 0.2) is 24.3 Å². The van der Waals surface area contributed by atoms with Crippen LogP contribution in [0, 0.1) is 0 Å². The fourth-order valence-electron chi connectivity index (χ4n) is 1.49. The van der Waals surface area contributed by atoms with Crippen LogP contribution in [0.3, 0.4) is 0 Å². The van der Waals surface area contributed by atoms with Crippen molar-refractivity contribution < 1.29 is 19.4 Å². The second-order valence-electron chi connectivity index (χ2n) is 4.00. The third-order valence-corrected chi connectivity index (χ3v) is 2.59. The summed E-state index contributed by atoms with van der Waals surface area (Å²) in [6.07, 6.45) is 0.625. The minimum absolute atomic E-state index is 0.125. The average molecular weight is 266 g/mol. The van der Waals surface area contributed by atoms with Crippen LogP contribution in [0.4, 0.5) is 0 Å². The maximum Gasteiger partial charge on any atom is 0.258 e. The molecule has 2 amide bonds. The van der Waals surface area contributed by atoms with Crippen molar-refractivity contribution in [1.82, 2.24) is 5.32 Å². The Morgan fingerprint density at radius 1 is 1.42 bits per heavy atom. The first-order chi connectivity index (χ1) is 9.08. The van der Waals surface area contributed by atoms with Crippen molar-refractivity contribution in [3.05, 3.63) is 29.8 Å². The van der Waals surface area contributed by atoms with E-state index in [9.17, 15) is 9.59 Å². The van der Waals surface area contributed by atoms with E-state index in [4.69, 9.17) is 15.6 Å². The van der Waals surface area contributed by atoms with Crippen LogP contribution in [-0.4, -0.2) is 36.2 Å². The molecule has 0 heterocycles. The smallest absolute Gasteiger partial charge is 0.258 e. The van der Waals surface area contributed by atoms with Crippen LogP contribution in [0.2, 0.25) is 0 Å². The molecule has 0 fully saturated rings. The molecule has 1 aromatic carbocycles. The molecule has 1 rings (SSSR count). The number of ether oxygens (including phenoxy) is 1. The molecule has 6 heteroatoms. The molecule has 0 unspecified atom stereocenters. The number of carbonyl (C=O) groups is 2. The van der Waals surface area contributed by atoms with E-state index in [0.717, 1.165) is 0 Å². The summed E-state index contributed by atoms with van der Waals surface area (Å²) >= 11 is 0. The van der Waals surface area contributed by atoms with Crippen molar-refractivity contribution in [2.45, 2.75) is 19.4 Å². The highest BCUT2D eigenvalue weighted by molar-refractivity contribution is 5.95. The van der Waals surface area contributed by atoms with Crippen molar-refractivity contribution in [1.29, 1.82) is 0 Å².